The maximum atomic E-state index is 13.4. The Morgan fingerprint density at radius 3 is 2.11 bits per heavy atom. The highest BCUT2D eigenvalue weighted by molar-refractivity contribution is 6.10. The van der Waals surface area contributed by atoms with E-state index >= 15 is 0 Å². The molecule has 1 aliphatic heterocycles. The summed E-state index contributed by atoms with van der Waals surface area (Å²) >= 11 is 0. The van der Waals surface area contributed by atoms with Gasteiger partial charge in [0.15, 0.2) is 0 Å². The Morgan fingerprint density at radius 2 is 1.44 bits per heavy atom. The van der Waals surface area contributed by atoms with Crippen molar-refractivity contribution in [1.82, 2.24) is 20.5 Å². The highest BCUT2D eigenvalue weighted by atomic mass is 16.5. The van der Waals surface area contributed by atoms with Crippen molar-refractivity contribution in [2.45, 2.75) is 69.9 Å². The topological polar surface area (TPSA) is 180 Å². The van der Waals surface area contributed by atoms with E-state index in [0.29, 0.717) is 83.1 Å². The third-order valence-electron chi connectivity index (χ3n) is 9.87. The zero-order chi connectivity index (χ0) is 40.7. The molecule has 1 fully saturated rings. The van der Waals surface area contributed by atoms with Gasteiger partial charge in [-0.15, -0.1) is 0 Å². The number of carbonyl (C=O) groups excluding carboxylic acids is 2. The number of anilines is 1. The molecule has 2 heterocycles. The fourth-order valence-electron chi connectivity index (χ4n) is 6.32. The lowest BCUT2D eigenvalue weighted by atomic mass is 9.85. The van der Waals surface area contributed by atoms with Gasteiger partial charge in [0.1, 0.15) is 17.4 Å². The molecule has 2 aromatic carbocycles. The average Bonchev–Trinajstić information content (AvgIpc) is 3.23. The number of unbranched alkanes of at least 4 members (excludes halogenated alkanes) is 3. The number of aromatic nitrogens is 1. The average molecular weight is 788 g/mol. The van der Waals surface area contributed by atoms with E-state index < -0.39 is 5.54 Å². The van der Waals surface area contributed by atoms with E-state index in [1.165, 1.54) is 7.11 Å². The summed E-state index contributed by atoms with van der Waals surface area (Å²) in [5.74, 6) is 0.745. The number of hydrogen-bond donors (Lipinski definition) is 5. The number of piperidine rings is 1. The smallest absolute Gasteiger partial charge is 0.305 e. The molecule has 0 saturated carbocycles. The molecule has 0 aliphatic carbocycles. The normalized spacial score (nSPS) is 14.3. The molecule has 1 aliphatic rings. The van der Waals surface area contributed by atoms with Crippen molar-refractivity contribution in [3.05, 3.63) is 89.7 Å². The second kappa shape index (κ2) is 24.7. The third-order valence-corrected chi connectivity index (χ3v) is 9.87. The lowest BCUT2D eigenvalue weighted by Gasteiger charge is -2.42. The number of benzene rings is 2. The maximum absolute atomic E-state index is 13.4. The van der Waals surface area contributed by atoms with E-state index in [1.807, 2.05) is 49.4 Å². The van der Waals surface area contributed by atoms with Crippen LogP contribution in [0.15, 0.2) is 73.1 Å². The summed E-state index contributed by atoms with van der Waals surface area (Å²) < 4.78 is 27.1. The monoisotopic (exact) mass is 787 g/mol. The number of nitrogens with zero attached hydrogens (tertiary/aromatic N) is 2. The quantitative estimate of drug-likeness (QED) is 0.0295. The molecular weight excluding hydrogens is 727 g/mol. The van der Waals surface area contributed by atoms with Crippen molar-refractivity contribution in [1.29, 1.82) is 10.8 Å². The number of pyridine rings is 1. The first kappa shape index (κ1) is 44.8. The molecule has 0 radical (unpaired) electrons. The van der Waals surface area contributed by atoms with Crippen molar-refractivity contribution in [2.24, 2.45) is 0 Å². The van der Waals surface area contributed by atoms with Gasteiger partial charge in [0, 0.05) is 61.9 Å². The summed E-state index contributed by atoms with van der Waals surface area (Å²) in [7, 11) is 3.45. The van der Waals surface area contributed by atoms with E-state index in [9.17, 15) is 9.59 Å². The molecule has 0 spiro atoms. The highest BCUT2D eigenvalue weighted by Crippen LogP contribution is 2.28. The molecular formula is C43H61N7O7. The Morgan fingerprint density at radius 1 is 0.807 bits per heavy atom. The fraction of sp³-hybridized carbons (Fsp3) is 0.512. The van der Waals surface area contributed by atoms with E-state index in [-0.39, 0.29) is 29.6 Å². The van der Waals surface area contributed by atoms with Gasteiger partial charge >= 0.3 is 5.97 Å². The lowest BCUT2D eigenvalue weighted by Crippen LogP contribution is -2.58. The van der Waals surface area contributed by atoms with Crippen molar-refractivity contribution < 1.29 is 33.3 Å². The molecule has 1 aromatic heterocycles. The first-order chi connectivity index (χ1) is 27.7. The van der Waals surface area contributed by atoms with Crippen LogP contribution < -0.4 is 20.7 Å². The molecule has 1 saturated heterocycles. The molecule has 14 heteroatoms. The minimum atomic E-state index is -0.725. The molecule has 0 bridgehead atoms. The number of methoxy groups -OCH3 is 1. The number of amidine groups is 2. The second-order valence-electron chi connectivity index (χ2n) is 14.2. The Balaban J connectivity index is 1.11. The van der Waals surface area contributed by atoms with E-state index in [2.05, 4.69) is 37.6 Å². The van der Waals surface area contributed by atoms with Gasteiger partial charge in [-0.05, 0) is 101 Å². The molecule has 3 aromatic rings. The number of hydrogen-bond acceptors (Lipinski definition) is 12. The van der Waals surface area contributed by atoms with Crippen LogP contribution in [0.2, 0.25) is 0 Å². The van der Waals surface area contributed by atoms with Crippen molar-refractivity contribution in [2.75, 3.05) is 78.8 Å². The maximum Gasteiger partial charge on any atom is 0.305 e. The number of ether oxygens (including phenoxy) is 5. The lowest BCUT2D eigenvalue weighted by molar-refractivity contribution is -0.141. The van der Waals surface area contributed by atoms with Crippen molar-refractivity contribution in [3.63, 3.8) is 0 Å². The molecule has 4 rings (SSSR count). The minimum Gasteiger partial charge on any atom is -0.494 e. The number of esters is 1. The van der Waals surface area contributed by atoms with Gasteiger partial charge in [0.05, 0.1) is 51.7 Å². The summed E-state index contributed by atoms with van der Waals surface area (Å²) in [4.78, 5) is 30.7. The summed E-state index contributed by atoms with van der Waals surface area (Å²) in [6, 6.07) is 18.5. The SMILES string of the molecule is COC(=O)CCCOCCOCCOCCCCCCOc1ccc([C@@H](C)NC(=O)c2cccc(NC3(C(=N)NC(=N)c4ccncc4)CCN(C)CC3)c2)cc1. The van der Waals surface area contributed by atoms with Gasteiger partial charge in [-0.25, -0.2) is 0 Å². The van der Waals surface area contributed by atoms with Gasteiger partial charge in [0.25, 0.3) is 5.91 Å². The molecule has 0 unspecified atom stereocenters. The van der Waals surface area contributed by atoms with E-state index in [0.717, 1.165) is 55.8 Å². The Bertz CT molecular complexity index is 1670. The minimum absolute atomic E-state index is 0.142. The van der Waals surface area contributed by atoms with Gasteiger partial charge in [-0.1, -0.05) is 24.6 Å². The Labute approximate surface area is 337 Å². The summed E-state index contributed by atoms with van der Waals surface area (Å²) in [5.41, 5.74) is 2.16. The highest BCUT2D eigenvalue weighted by Gasteiger charge is 2.38. The number of nitrogens with one attached hydrogen (secondary N) is 5. The first-order valence-electron chi connectivity index (χ1n) is 19.9. The summed E-state index contributed by atoms with van der Waals surface area (Å²) in [6.07, 6.45) is 9.67. The van der Waals surface area contributed by atoms with Crippen LogP contribution in [-0.2, 0) is 23.7 Å². The van der Waals surface area contributed by atoms with Gasteiger partial charge in [-0.3, -0.25) is 25.4 Å². The summed E-state index contributed by atoms with van der Waals surface area (Å²) in [5, 5.41) is 27.3. The number of rotatable bonds is 25. The Hall–Kier alpha value is -4.89. The van der Waals surface area contributed by atoms with Crippen molar-refractivity contribution >= 4 is 29.2 Å². The number of carbonyl (C=O) groups is 2. The van der Waals surface area contributed by atoms with E-state index in [4.69, 9.17) is 29.8 Å². The first-order valence-corrected chi connectivity index (χ1v) is 19.9. The second-order valence-corrected chi connectivity index (χ2v) is 14.2. The van der Waals surface area contributed by atoms with Crippen LogP contribution in [0, 0.1) is 10.8 Å². The van der Waals surface area contributed by atoms with Crippen LogP contribution in [0.25, 0.3) is 0 Å². The van der Waals surface area contributed by atoms with Crippen molar-refractivity contribution in [3.8, 4) is 5.75 Å². The predicted octanol–water partition coefficient (Wildman–Crippen LogP) is 5.98. The standard InChI is InChI=1S/C43H61N7O7/c1-33(34-13-15-38(16-14-34)57-27-7-5-4-6-25-54-28-30-56-31-29-55-26-9-12-39(51)53-3)47-41(52)36-10-8-11-37(32-36)49-43(19-23-50(2)24-20-43)42(45)48-40(44)35-17-21-46-22-18-35/h8,10-11,13-18,21-22,32-33,49H,4-7,9,12,19-20,23-31H2,1-3H3,(H,47,52)(H3,44,45,48)/t33-/m1/s1. The molecule has 1 atom stereocenters. The summed E-state index contributed by atoms with van der Waals surface area (Å²) in [6.45, 7) is 7.48. The zero-order valence-corrected chi connectivity index (χ0v) is 33.8. The van der Waals surface area contributed by atoms with E-state index in [1.54, 1.807) is 30.6 Å². The number of likely N-dealkylation sites (tertiary alicyclic amines) is 1. The van der Waals surface area contributed by atoms with Crippen LogP contribution in [0.5, 0.6) is 5.75 Å². The third kappa shape index (κ3) is 15.9. The largest absolute Gasteiger partial charge is 0.494 e. The zero-order valence-electron chi connectivity index (χ0n) is 33.8. The fourth-order valence-corrected chi connectivity index (χ4v) is 6.32. The van der Waals surface area contributed by atoms with Crippen LogP contribution in [0.4, 0.5) is 5.69 Å². The number of amides is 1. The van der Waals surface area contributed by atoms with Gasteiger partial charge < -0.3 is 44.5 Å². The molecule has 5 N–H and O–H groups in total. The molecule has 310 valence electrons. The van der Waals surface area contributed by atoms with Crippen LogP contribution >= 0.6 is 0 Å². The van der Waals surface area contributed by atoms with Crippen LogP contribution in [-0.4, -0.2) is 112 Å². The predicted molar refractivity (Wildman–Crippen MR) is 221 cm³/mol. The molecule has 1 amide bonds. The van der Waals surface area contributed by atoms with Crippen LogP contribution in [0.3, 0.4) is 0 Å². The van der Waals surface area contributed by atoms with Gasteiger partial charge in [0.2, 0.25) is 0 Å². The molecule has 57 heavy (non-hydrogen) atoms. The molecule has 14 nitrogen and oxygen atoms in total. The van der Waals surface area contributed by atoms with Crippen LogP contribution in [0.1, 0.15) is 85.8 Å². The van der Waals surface area contributed by atoms with Gasteiger partial charge in [-0.2, -0.15) is 0 Å². The Kier molecular flexibility index (Phi) is 19.4.